The van der Waals surface area contributed by atoms with Crippen molar-refractivity contribution >= 4 is 18.2 Å². The zero-order valence-corrected chi connectivity index (χ0v) is 13.0. The standard InChI is InChI=1S/C13H18O3SSi/c1-17(14,15)16-11-13-7-5-12(6-8-13)9-10-18(2,3)4/h5-8H,11H2,1-4H3. The van der Waals surface area contributed by atoms with Gasteiger partial charge in [0.15, 0.2) is 0 Å². The molecule has 0 saturated heterocycles. The Labute approximate surface area is 110 Å². The van der Waals surface area contributed by atoms with Gasteiger partial charge in [-0.25, -0.2) is 0 Å². The van der Waals surface area contributed by atoms with Crippen molar-refractivity contribution in [2.45, 2.75) is 26.2 Å². The molecule has 0 N–H and O–H groups in total. The summed E-state index contributed by atoms with van der Waals surface area (Å²) in [4.78, 5) is 0. The minimum Gasteiger partial charge on any atom is -0.265 e. The van der Waals surface area contributed by atoms with Crippen molar-refractivity contribution in [3.8, 4) is 11.5 Å². The highest BCUT2D eigenvalue weighted by molar-refractivity contribution is 7.85. The molecule has 0 aliphatic rings. The summed E-state index contributed by atoms with van der Waals surface area (Å²) < 4.78 is 26.4. The van der Waals surface area contributed by atoms with Gasteiger partial charge in [0, 0.05) is 5.56 Å². The fourth-order valence-electron chi connectivity index (χ4n) is 1.12. The van der Waals surface area contributed by atoms with Crippen LogP contribution in [0.15, 0.2) is 24.3 Å². The fourth-order valence-corrected chi connectivity index (χ4v) is 1.99. The third kappa shape index (κ3) is 6.60. The van der Waals surface area contributed by atoms with Crippen molar-refractivity contribution in [1.82, 2.24) is 0 Å². The van der Waals surface area contributed by atoms with Crippen molar-refractivity contribution < 1.29 is 12.6 Å². The molecule has 1 aromatic rings. The van der Waals surface area contributed by atoms with E-state index < -0.39 is 18.2 Å². The Hall–Kier alpha value is -1.09. The molecule has 1 aromatic carbocycles. The van der Waals surface area contributed by atoms with E-state index in [1.54, 1.807) is 0 Å². The molecule has 0 aliphatic carbocycles. The van der Waals surface area contributed by atoms with Crippen molar-refractivity contribution in [3.63, 3.8) is 0 Å². The van der Waals surface area contributed by atoms with Crippen molar-refractivity contribution in [2.24, 2.45) is 0 Å². The molecule has 0 radical (unpaired) electrons. The van der Waals surface area contributed by atoms with Crippen LogP contribution in [-0.4, -0.2) is 22.7 Å². The van der Waals surface area contributed by atoms with Crippen molar-refractivity contribution in [2.75, 3.05) is 6.26 Å². The molecule has 0 saturated carbocycles. The van der Waals surface area contributed by atoms with E-state index in [2.05, 4.69) is 31.1 Å². The minimum absolute atomic E-state index is 0.0700. The highest BCUT2D eigenvalue weighted by Crippen LogP contribution is 2.07. The molecule has 0 spiro atoms. The Morgan fingerprint density at radius 1 is 1.17 bits per heavy atom. The lowest BCUT2D eigenvalue weighted by molar-refractivity contribution is 0.311. The van der Waals surface area contributed by atoms with Gasteiger partial charge in [0.1, 0.15) is 8.07 Å². The van der Waals surface area contributed by atoms with E-state index in [4.69, 9.17) is 4.18 Å². The molecule has 0 amide bonds. The molecule has 5 heteroatoms. The topological polar surface area (TPSA) is 43.4 Å². The summed E-state index contributed by atoms with van der Waals surface area (Å²) in [5, 5.41) is 0. The molecule has 0 aliphatic heterocycles. The molecule has 0 atom stereocenters. The number of hydrogen-bond acceptors (Lipinski definition) is 3. The third-order valence-electron chi connectivity index (χ3n) is 1.98. The largest absolute Gasteiger partial charge is 0.265 e. The van der Waals surface area contributed by atoms with Crippen LogP contribution in [0, 0.1) is 11.5 Å². The van der Waals surface area contributed by atoms with Crippen molar-refractivity contribution in [1.29, 1.82) is 0 Å². The second-order valence-corrected chi connectivity index (χ2v) is 11.6. The highest BCUT2D eigenvalue weighted by Gasteiger charge is 2.07. The second-order valence-electron chi connectivity index (χ2n) is 5.16. The maximum absolute atomic E-state index is 10.8. The minimum atomic E-state index is -3.38. The molecule has 0 bridgehead atoms. The van der Waals surface area contributed by atoms with Gasteiger partial charge in [0.2, 0.25) is 0 Å². The zero-order chi connectivity index (χ0) is 13.8. The first-order valence-electron chi connectivity index (χ1n) is 5.62. The van der Waals surface area contributed by atoms with Gasteiger partial charge in [-0.2, -0.15) is 8.42 Å². The summed E-state index contributed by atoms with van der Waals surface area (Å²) >= 11 is 0. The Morgan fingerprint density at radius 2 is 1.72 bits per heavy atom. The predicted molar refractivity (Wildman–Crippen MR) is 76.3 cm³/mol. The summed E-state index contributed by atoms with van der Waals surface area (Å²) in [5.74, 6) is 3.14. The van der Waals surface area contributed by atoms with Gasteiger partial charge < -0.3 is 0 Å². The van der Waals surface area contributed by atoms with Crippen LogP contribution in [0.3, 0.4) is 0 Å². The normalized spacial score (nSPS) is 11.8. The molecule has 0 fully saturated rings. The van der Waals surface area contributed by atoms with E-state index in [-0.39, 0.29) is 6.61 Å². The lowest BCUT2D eigenvalue weighted by Crippen LogP contribution is -2.16. The Bertz CT molecular complexity index is 557. The van der Waals surface area contributed by atoms with Crippen LogP contribution >= 0.6 is 0 Å². The average molecular weight is 282 g/mol. The molecule has 0 aromatic heterocycles. The van der Waals surface area contributed by atoms with Crippen molar-refractivity contribution in [3.05, 3.63) is 35.4 Å². The molecule has 0 unspecified atom stereocenters. The molecule has 1 rings (SSSR count). The summed E-state index contributed by atoms with van der Waals surface area (Å²) in [6.45, 7) is 6.64. The third-order valence-corrected chi connectivity index (χ3v) is 3.40. The maximum atomic E-state index is 10.8. The van der Waals surface area contributed by atoms with Crippen LogP contribution in [0.2, 0.25) is 19.6 Å². The Kier molecular flexibility index (Phi) is 4.74. The Morgan fingerprint density at radius 3 is 2.17 bits per heavy atom. The molecule has 98 valence electrons. The van der Waals surface area contributed by atoms with Crippen LogP contribution in [0.5, 0.6) is 0 Å². The first kappa shape index (κ1) is 15.0. The lowest BCUT2D eigenvalue weighted by atomic mass is 10.1. The van der Waals surface area contributed by atoms with Crippen LogP contribution < -0.4 is 0 Å². The van der Waals surface area contributed by atoms with E-state index >= 15 is 0 Å². The lowest BCUT2D eigenvalue weighted by Gasteiger charge is -2.04. The highest BCUT2D eigenvalue weighted by atomic mass is 32.2. The molecular formula is C13H18O3SSi. The molecular weight excluding hydrogens is 264 g/mol. The van der Waals surface area contributed by atoms with Gasteiger partial charge >= 0.3 is 0 Å². The van der Waals surface area contributed by atoms with Gasteiger partial charge in [-0.3, -0.25) is 4.18 Å². The molecule has 18 heavy (non-hydrogen) atoms. The number of rotatable bonds is 3. The van der Waals surface area contributed by atoms with Gasteiger partial charge in [0.05, 0.1) is 12.9 Å². The van der Waals surface area contributed by atoms with Gasteiger partial charge in [-0.1, -0.05) is 37.7 Å². The maximum Gasteiger partial charge on any atom is 0.264 e. The van der Waals surface area contributed by atoms with Gasteiger partial charge in [0.25, 0.3) is 10.1 Å². The quantitative estimate of drug-likeness (QED) is 0.486. The zero-order valence-electron chi connectivity index (χ0n) is 11.1. The van der Waals surface area contributed by atoms with Gasteiger partial charge in [-0.05, 0) is 17.7 Å². The van der Waals surface area contributed by atoms with E-state index in [1.807, 2.05) is 24.3 Å². The first-order valence-corrected chi connectivity index (χ1v) is 10.9. The summed E-state index contributed by atoms with van der Waals surface area (Å²) in [6, 6.07) is 7.43. The van der Waals surface area contributed by atoms with E-state index in [9.17, 15) is 8.42 Å². The summed E-state index contributed by atoms with van der Waals surface area (Å²) in [6.07, 6.45) is 1.04. The number of benzene rings is 1. The Balaban J connectivity index is 2.71. The summed E-state index contributed by atoms with van der Waals surface area (Å²) in [5.41, 5.74) is 5.04. The predicted octanol–water partition coefficient (Wildman–Crippen LogP) is 2.39. The van der Waals surface area contributed by atoms with Crippen LogP contribution in [0.25, 0.3) is 0 Å². The smallest absolute Gasteiger partial charge is 0.264 e. The van der Waals surface area contributed by atoms with E-state index in [0.29, 0.717) is 0 Å². The van der Waals surface area contributed by atoms with E-state index in [1.165, 1.54) is 0 Å². The van der Waals surface area contributed by atoms with E-state index in [0.717, 1.165) is 17.4 Å². The summed E-state index contributed by atoms with van der Waals surface area (Å²) in [7, 11) is -4.74. The van der Waals surface area contributed by atoms with Gasteiger partial charge in [-0.15, -0.1) is 5.54 Å². The molecule has 0 heterocycles. The van der Waals surface area contributed by atoms with Crippen LogP contribution in [0.1, 0.15) is 11.1 Å². The van der Waals surface area contributed by atoms with Crippen LogP contribution in [-0.2, 0) is 20.9 Å². The first-order chi connectivity index (χ1) is 8.16. The average Bonchev–Trinajstić information content (AvgIpc) is 2.23. The molecule has 3 nitrogen and oxygen atoms in total. The second kappa shape index (κ2) is 5.70. The monoisotopic (exact) mass is 282 g/mol. The SMILES string of the molecule is C[Si](C)(C)C#Cc1ccc(COS(C)(=O)=O)cc1. The number of hydrogen-bond donors (Lipinski definition) is 0. The fraction of sp³-hybridized carbons (Fsp3) is 0.385. The van der Waals surface area contributed by atoms with Crippen LogP contribution in [0.4, 0.5) is 0 Å².